The molecule has 4 nitrogen and oxygen atoms in total. The van der Waals surface area contributed by atoms with Gasteiger partial charge >= 0.3 is 0 Å². The number of benzene rings is 1. The van der Waals surface area contributed by atoms with Crippen LogP contribution < -0.4 is 0 Å². The molecule has 1 aromatic carbocycles. The fraction of sp³-hybridized carbons (Fsp3) is 0.650. The van der Waals surface area contributed by atoms with E-state index >= 15 is 0 Å². The Morgan fingerprint density at radius 3 is 2.50 bits per heavy atom. The van der Waals surface area contributed by atoms with Gasteiger partial charge in [0, 0.05) is 0 Å². The molecular weight excluding hydrogens is 300 g/mol. The highest BCUT2D eigenvalue weighted by atomic mass is 16.5. The molecule has 4 aliphatic carbocycles. The number of ether oxygens (including phenoxy) is 1. The molecule has 1 N–H and O–H groups in total. The maximum absolute atomic E-state index is 10.5. The third-order valence-corrected chi connectivity index (χ3v) is 6.50. The first kappa shape index (κ1) is 14.9. The van der Waals surface area contributed by atoms with Crippen LogP contribution in [-0.2, 0) is 11.3 Å². The van der Waals surface area contributed by atoms with Crippen molar-refractivity contribution in [2.45, 2.75) is 56.8 Å². The van der Waals surface area contributed by atoms with E-state index in [-0.39, 0.29) is 5.60 Å². The fourth-order valence-electron chi connectivity index (χ4n) is 5.92. The number of hydrogen-bond donors (Lipinski definition) is 1. The zero-order valence-electron chi connectivity index (χ0n) is 14.1. The second-order valence-corrected chi connectivity index (χ2v) is 8.45. The summed E-state index contributed by atoms with van der Waals surface area (Å²) in [6, 6.07) is 8.06. The van der Waals surface area contributed by atoms with Crippen LogP contribution in [-0.4, -0.2) is 33.0 Å². The fourth-order valence-corrected chi connectivity index (χ4v) is 5.92. The molecule has 0 unspecified atom stereocenters. The summed E-state index contributed by atoms with van der Waals surface area (Å²) in [5, 5.41) is 10.5. The molecule has 4 bridgehead atoms. The topological polar surface area (TPSA) is 47.3 Å². The maximum atomic E-state index is 10.5. The van der Waals surface area contributed by atoms with E-state index in [0.29, 0.717) is 13.2 Å². The zero-order chi connectivity index (χ0) is 16.1. The van der Waals surface area contributed by atoms with Gasteiger partial charge in [-0.1, -0.05) is 12.1 Å². The first-order chi connectivity index (χ1) is 11.7. The highest BCUT2D eigenvalue weighted by molar-refractivity contribution is 5.74. The van der Waals surface area contributed by atoms with Gasteiger partial charge in [0.1, 0.15) is 0 Å². The van der Waals surface area contributed by atoms with E-state index in [0.717, 1.165) is 28.8 Å². The van der Waals surface area contributed by atoms with Crippen molar-refractivity contribution < 1.29 is 9.84 Å². The van der Waals surface area contributed by atoms with E-state index in [1.165, 1.54) is 38.5 Å². The largest absolute Gasteiger partial charge is 0.389 e. The van der Waals surface area contributed by atoms with Crippen molar-refractivity contribution >= 4 is 11.0 Å². The average Bonchev–Trinajstić information content (AvgIpc) is 2.95. The van der Waals surface area contributed by atoms with Gasteiger partial charge in [-0.15, -0.1) is 0 Å². The van der Waals surface area contributed by atoms with E-state index in [1.807, 2.05) is 29.1 Å². The molecule has 128 valence electrons. The lowest BCUT2D eigenvalue weighted by molar-refractivity contribution is -0.175. The molecular formula is C20H26N2O2. The summed E-state index contributed by atoms with van der Waals surface area (Å²) in [7, 11) is 0. The molecule has 4 aliphatic rings. The smallest absolute Gasteiger partial charge is 0.0959 e. The first-order valence-corrected chi connectivity index (χ1v) is 9.41. The van der Waals surface area contributed by atoms with Gasteiger partial charge in [0.25, 0.3) is 0 Å². The van der Waals surface area contributed by atoms with Gasteiger partial charge < -0.3 is 14.4 Å². The summed E-state index contributed by atoms with van der Waals surface area (Å²) in [6.45, 7) is 0.992. The number of nitrogens with zero attached hydrogens (tertiary/aromatic N) is 2. The minimum Gasteiger partial charge on any atom is -0.389 e. The van der Waals surface area contributed by atoms with Crippen LogP contribution in [0.25, 0.3) is 11.0 Å². The lowest BCUT2D eigenvalue weighted by atomic mass is 9.54. The van der Waals surface area contributed by atoms with E-state index in [1.54, 1.807) is 0 Å². The maximum Gasteiger partial charge on any atom is 0.0959 e. The van der Waals surface area contributed by atoms with E-state index in [9.17, 15) is 5.11 Å². The number of fused-ring (bicyclic) bond motifs is 1. The molecule has 24 heavy (non-hydrogen) atoms. The second-order valence-electron chi connectivity index (χ2n) is 8.45. The molecule has 4 fully saturated rings. The molecule has 0 amide bonds. The van der Waals surface area contributed by atoms with Gasteiger partial charge in [-0.05, 0) is 68.4 Å². The van der Waals surface area contributed by atoms with Crippen molar-refractivity contribution in [3.63, 3.8) is 0 Å². The van der Waals surface area contributed by atoms with Crippen molar-refractivity contribution in [2.24, 2.45) is 17.8 Å². The second kappa shape index (κ2) is 5.57. The Morgan fingerprint density at radius 1 is 1.12 bits per heavy atom. The van der Waals surface area contributed by atoms with Crippen LogP contribution in [0.2, 0.25) is 0 Å². The Balaban J connectivity index is 1.24. The number of hydrogen-bond acceptors (Lipinski definition) is 3. The first-order valence-electron chi connectivity index (χ1n) is 9.41. The van der Waals surface area contributed by atoms with Crippen LogP contribution in [0.5, 0.6) is 0 Å². The molecule has 4 heteroatoms. The van der Waals surface area contributed by atoms with E-state index in [2.05, 4.69) is 11.1 Å². The van der Waals surface area contributed by atoms with Crippen molar-refractivity contribution in [1.82, 2.24) is 9.55 Å². The van der Waals surface area contributed by atoms with Crippen LogP contribution in [0, 0.1) is 17.8 Å². The molecule has 0 radical (unpaired) electrons. The number of aliphatic hydroxyl groups excluding tert-OH is 1. The molecule has 1 heterocycles. The minimum atomic E-state index is -0.476. The Labute approximate surface area is 142 Å². The Bertz CT molecular complexity index is 703. The Morgan fingerprint density at radius 2 is 1.79 bits per heavy atom. The predicted molar refractivity (Wildman–Crippen MR) is 92.6 cm³/mol. The summed E-state index contributed by atoms with van der Waals surface area (Å²) in [4.78, 5) is 4.40. The molecule has 0 saturated heterocycles. The standard InChI is InChI=1S/C20H26N2O2/c23-17(11-22-13-21-18-3-1-2-4-19(18)22)12-24-20-8-14-5-15(9-20)7-16(6-14)10-20/h1-4,13-17,23H,5-12H2/t14?,15?,16?,17-,20?/m0/s1. The number of imidazole rings is 1. The van der Waals surface area contributed by atoms with Crippen LogP contribution in [0.4, 0.5) is 0 Å². The van der Waals surface area contributed by atoms with Crippen molar-refractivity contribution in [3.8, 4) is 0 Å². The van der Waals surface area contributed by atoms with Crippen LogP contribution >= 0.6 is 0 Å². The number of aromatic nitrogens is 2. The van der Waals surface area contributed by atoms with Gasteiger partial charge in [-0.2, -0.15) is 0 Å². The van der Waals surface area contributed by atoms with Gasteiger partial charge in [-0.25, -0.2) is 4.98 Å². The van der Waals surface area contributed by atoms with Crippen molar-refractivity contribution in [3.05, 3.63) is 30.6 Å². The summed E-state index contributed by atoms with van der Waals surface area (Å²) in [6.07, 6.45) is 9.28. The van der Waals surface area contributed by atoms with Gasteiger partial charge in [0.2, 0.25) is 0 Å². The number of aliphatic hydroxyl groups is 1. The molecule has 1 aromatic heterocycles. The Hall–Kier alpha value is -1.39. The van der Waals surface area contributed by atoms with Gasteiger partial charge in [0.05, 0.1) is 42.2 Å². The number of rotatable bonds is 5. The molecule has 6 rings (SSSR count). The minimum absolute atomic E-state index is 0.0761. The van der Waals surface area contributed by atoms with E-state index < -0.39 is 6.10 Å². The number of para-hydroxylation sites is 2. The van der Waals surface area contributed by atoms with Crippen LogP contribution in [0.15, 0.2) is 30.6 Å². The molecule has 0 spiro atoms. The highest BCUT2D eigenvalue weighted by Crippen LogP contribution is 2.57. The molecule has 2 aromatic rings. The lowest BCUT2D eigenvalue weighted by Gasteiger charge is -2.56. The molecule has 0 aliphatic heterocycles. The normalized spacial score (nSPS) is 35.6. The molecule has 1 atom stereocenters. The van der Waals surface area contributed by atoms with Crippen LogP contribution in [0.3, 0.4) is 0 Å². The predicted octanol–water partition coefficient (Wildman–Crippen LogP) is 3.38. The monoisotopic (exact) mass is 326 g/mol. The zero-order valence-corrected chi connectivity index (χ0v) is 14.1. The third-order valence-electron chi connectivity index (χ3n) is 6.50. The van der Waals surface area contributed by atoms with Gasteiger partial charge in [-0.3, -0.25) is 0 Å². The SMILES string of the molecule is O[C@H](COC12CC3CC(CC(C3)C1)C2)Cn1cnc2ccccc21. The van der Waals surface area contributed by atoms with Crippen molar-refractivity contribution in [2.75, 3.05) is 6.61 Å². The summed E-state index contributed by atoms with van der Waals surface area (Å²) < 4.78 is 8.41. The van der Waals surface area contributed by atoms with E-state index in [4.69, 9.17) is 4.74 Å². The summed E-state index contributed by atoms with van der Waals surface area (Å²) in [5.74, 6) is 2.64. The molecule has 4 saturated carbocycles. The third kappa shape index (κ3) is 2.56. The van der Waals surface area contributed by atoms with Crippen molar-refractivity contribution in [1.29, 1.82) is 0 Å². The summed E-state index contributed by atoms with van der Waals surface area (Å²) in [5.41, 5.74) is 2.13. The Kier molecular flexibility index (Phi) is 3.46. The quantitative estimate of drug-likeness (QED) is 0.916. The average molecular weight is 326 g/mol. The summed E-state index contributed by atoms with van der Waals surface area (Å²) >= 11 is 0. The lowest BCUT2D eigenvalue weighted by Crippen LogP contribution is -2.52. The van der Waals surface area contributed by atoms with Crippen LogP contribution in [0.1, 0.15) is 38.5 Å². The highest BCUT2D eigenvalue weighted by Gasteiger charge is 2.51. The van der Waals surface area contributed by atoms with Gasteiger partial charge in [0.15, 0.2) is 0 Å².